The van der Waals surface area contributed by atoms with E-state index in [0.29, 0.717) is 13.0 Å². The Morgan fingerprint density at radius 3 is 2.75 bits per heavy atom. The van der Waals surface area contributed by atoms with Gasteiger partial charge in [0.2, 0.25) is 0 Å². The number of rotatable bonds is 4. The number of carbonyl (C=O) groups is 1. The summed E-state index contributed by atoms with van der Waals surface area (Å²) in [5.41, 5.74) is 1.17. The van der Waals surface area contributed by atoms with E-state index in [-0.39, 0.29) is 12.3 Å². The fraction of sp³-hybridized carbons (Fsp3) is 0.250. The van der Waals surface area contributed by atoms with Crippen LogP contribution in [0.25, 0.3) is 10.9 Å². The van der Waals surface area contributed by atoms with Crippen molar-refractivity contribution in [3.05, 3.63) is 36.0 Å². The number of hydrogen-bond donors (Lipinski definition) is 2. The lowest BCUT2D eigenvalue weighted by molar-refractivity contribution is 0.0685. The molecule has 0 radical (unpaired) electrons. The summed E-state index contributed by atoms with van der Waals surface area (Å²) in [5.74, 6) is -0.936. The van der Waals surface area contributed by atoms with Crippen molar-refractivity contribution in [3.8, 4) is 0 Å². The smallest absolute Gasteiger partial charge is 0.352 e. The maximum atomic E-state index is 11.1. The molecule has 0 atom stereocenters. The number of aromatic carboxylic acids is 1. The Morgan fingerprint density at radius 2 is 2.06 bits per heavy atom. The lowest BCUT2D eigenvalue weighted by Gasteiger charge is -2.06. The van der Waals surface area contributed by atoms with Crippen molar-refractivity contribution in [1.82, 2.24) is 4.57 Å². The van der Waals surface area contributed by atoms with Crippen LogP contribution in [0.2, 0.25) is 0 Å². The fourth-order valence-corrected chi connectivity index (χ4v) is 1.86. The molecule has 0 fully saturated rings. The Hall–Kier alpha value is -1.81. The average Bonchev–Trinajstić information content (AvgIpc) is 2.65. The summed E-state index contributed by atoms with van der Waals surface area (Å²) in [6.07, 6.45) is 0.555. The number of aliphatic hydroxyl groups excluding tert-OH is 1. The van der Waals surface area contributed by atoms with Gasteiger partial charge in [-0.25, -0.2) is 4.79 Å². The van der Waals surface area contributed by atoms with Crippen molar-refractivity contribution in [3.63, 3.8) is 0 Å². The molecule has 1 heterocycles. The second-order valence-electron chi connectivity index (χ2n) is 3.62. The van der Waals surface area contributed by atoms with Gasteiger partial charge in [-0.2, -0.15) is 0 Å². The van der Waals surface area contributed by atoms with E-state index >= 15 is 0 Å². The van der Waals surface area contributed by atoms with Crippen molar-refractivity contribution in [1.29, 1.82) is 0 Å². The molecule has 1 aromatic heterocycles. The summed E-state index contributed by atoms with van der Waals surface area (Å²) in [6, 6.07) is 9.19. The quantitative estimate of drug-likeness (QED) is 0.823. The summed E-state index contributed by atoms with van der Waals surface area (Å²) in [5, 5.41) is 18.8. The topological polar surface area (TPSA) is 62.5 Å². The lowest BCUT2D eigenvalue weighted by Crippen LogP contribution is -2.09. The highest BCUT2D eigenvalue weighted by Crippen LogP contribution is 2.20. The third-order valence-corrected chi connectivity index (χ3v) is 2.57. The monoisotopic (exact) mass is 219 g/mol. The van der Waals surface area contributed by atoms with Gasteiger partial charge in [0.05, 0.1) is 0 Å². The summed E-state index contributed by atoms with van der Waals surface area (Å²) >= 11 is 0. The van der Waals surface area contributed by atoms with Crippen LogP contribution in [0.4, 0.5) is 0 Å². The minimum Gasteiger partial charge on any atom is -0.477 e. The number of aryl methyl sites for hydroxylation is 1. The molecule has 4 nitrogen and oxygen atoms in total. The molecule has 1 aromatic carbocycles. The Morgan fingerprint density at radius 1 is 1.31 bits per heavy atom. The number of para-hydroxylation sites is 1. The number of fused-ring (bicyclic) bond motifs is 1. The Balaban J connectivity index is 2.55. The summed E-state index contributed by atoms with van der Waals surface area (Å²) in [6.45, 7) is 0.581. The standard InChI is InChI=1S/C12H13NO3/c14-7-3-6-13-10-5-2-1-4-9(10)8-11(13)12(15)16/h1-2,4-5,8,14H,3,6-7H2,(H,15,16). The second-order valence-corrected chi connectivity index (χ2v) is 3.62. The molecule has 0 saturated heterocycles. The number of carboxylic acid groups (broad SMARTS) is 1. The molecule has 0 aliphatic heterocycles. The van der Waals surface area contributed by atoms with E-state index < -0.39 is 5.97 Å². The normalized spacial score (nSPS) is 10.8. The number of nitrogens with zero attached hydrogens (tertiary/aromatic N) is 1. The van der Waals surface area contributed by atoms with Crippen molar-refractivity contribution in [2.45, 2.75) is 13.0 Å². The molecule has 84 valence electrons. The van der Waals surface area contributed by atoms with Gasteiger partial charge in [0.25, 0.3) is 0 Å². The lowest BCUT2D eigenvalue weighted by atomic mass is 10.2. The Labute approximate surface area is 92.7 Å². The predicted octanol–water partition coefficient (Wildman–Crippen LogP) is 1.72. The van der Waals surface area contributed by atoms with Crippen molar-refractivity contribution in [2.24, 2.45) is 0 Å². The molecule has 2 rings (SSSR count). The van der Waals surface area contributed by atoms with Crippen molar-refractivity contribution >= 4 is 16.9 Å². The summed E-state index contributed by atoms with van der Waals surface area (Å²) in [4.78, 5) is 11.1. The van der Waals surface area contributed by atoms with Gasteiger partial charge in [-0.05, 0) is 18.6 Å². The molecule has 2 N–H and O–H groups in total. The largest absolute Gasteiger partial charge is 0.477 e. The first-order chi connectivity index (χ1) is 7.74. The van der Waals surface area contributed by atoms with Crippen LogP contribution in [-0.4, -0.2) is 27.4 Å². The molecule has 0 aliphatic carbocycles. The maximum Gasteiger partial charge on any atom is 0.352 e. The van der Waals surface area contributed by atoms with Gasteiger partial charge in [-0.1, -0.05) is 18.2 Å². The van der Waals surface area contributed by atoms with Crippen molar-refractivity contribution in [2.75, 3.05) is 6.61 Å². The number of hydrogen-bond acceptors (Lipinski definition) is 2. The fourth-order valence-electron chi connectivity index (χ4n) is 1.86. The van der Waals surface area contributed by atoms with Gasteiger partial charge in [0.1, 0.15) is 5.69 Å². The van der Waals surface area contributed by atoms with Gasteiger partial charge < -0.3 is 14.8 Å². The highest BCUT2D eigenvalue weighted by Gasteiger charge is 2.13. The van der Waals surface area contributed by atoms with Gasteiger partial charge in [0, 0.05) is 24.1 Å². The molecular formula is C12H13NO3. The first-order valence-corrected chi connectivity index (χ1v) is 5.16. The molecule has 0 saturated carbocycles. The second kappa shape index (κ2) is 4.37. The number of aliphatic hydroxyl groups is 1. The minimum absolute atomic E-state index is 0.0611. The molecule has 0 amide bonds. The van der Waals surface area contributed by atoms with Crippen LogP contribution in [0.3, 0.4) is 0 Å². The highest BCUT2D eigenvalue weighted by molar-refractivity contribution is 5.94. The van der Waals surface area contributed by atoms with E-state index in [2.05, 4.69) is 0 Å². The van der Waals surface area contributed by atoms with Gasteiger partial charge in [0.15, 0.2) is 0 Å². The van der Waals surface area contributed by atoms with Crippen LogP contribution in [0.15, 0.2) is 30.3 Å². The van der Waals surface area contributed by atoms with E-state index in [1.165, 1.54) is 0 Å². The maximum absolute atomic E-state index is 11.1. The van der Waals surface area contributed by atoms with Crippen LogP contribution in [0, 0.1) is 0 Å². The zero-order valence-corrected chi connectivity index (χ0v) is 8.76. The Bertz CT molecular complexity index is 516. The molecule has 16 heavy (non-hydrogen) atoms. The number of aromatic nitrogens is 1. The van der Waals surface area contributed by atoms with Crippen LogP contribution >= 0.6 is 0 Å². The highest BCUT2D eigenvalue weighted by atomic mass is 16.4. The SMILES string of the molecule is O=C(O)c1cc2ccccc2n1CCCO. The summed E-state index contributed by atoms with van der Waals surface area (Å²) in [7, 11) is 0. The average molecular weight is 219 g/mol. The van der Waals surface area contributed by atoms with E-state index in [1.807, 2.05) is 24.3 Å². The molecular weight excluding hydrogens is 206 g/mol. The predicted molar refractivity (Wildman–Crippen MR) is 60.6 cm³/mol. The van der Waals surface area contributed by atoms with Crippen LogP contribution in [-0.2, 0) is 6.54 Å². The molecule has 0 aliphatic rings. The van der Waals surface area contributed by atoms with Crippen LogP contribution in [0.1, 0.15) is 16.9 Å². The van der Waals surface area contributed by atoms with Crippen LogP contribution < -0.4 is 0 Å². The van der Waals surface area contributed by atoms with E-state index in [0.717, 1.165) is 10.9 Å². The molecule has 0 unspecified atom stereocenters. The van der Waals surface area contributed by atoms with Gasteiger partial charge >= 0.3 is 5.97 Å². The van der Waals surface area contributed by atoms with Gasteiger partial charge in [-0.3, -0.25) is 0 Å². The zero-order valence-electron chi connectivity index (χ0n) is 8.76. The molecule has 0 spiro atoms. The first-order valence-electron chi connectivity index (χ1n) is 5.16. The minimum atomic E-state index is -0.936. The molecule has 2 aromatic rings. The first kappa shape index (κ1) is 10.7. The van der Waals surface area contributed by atoms with E-state index in [4.69, 9.17) is 10.2 Å². The third kappa shape index (κ3) is 1.79. The third-order valence-electron chi connectivity index (χ3n) is 2.57. The number of carboxylic acids is 1. The molecule has 0 bridgehead atoms. The van der Waals surface area contributed by atoms with Crippen molar-refractivity contribution < 1.29 is 15.0 Å². The van der Waals surface area contributed by atoms with E-state index in [9.17, 15) is 4.79 Å². The summed E-state index contributed by atoms with van der Waals surface area (Å²) < 4.78 is 1.73. The number of benzene rings is 1. The molecule has 4 heteroatoms. The zero-order chi connectivity index (χ0) is 11.5. The van der Waals surface area contributed by atoms with Gasteiger partial charge in [-0.15, -0.1) is 0 Å². The van der Waals surface area contributed by atoms with Crippen LogP contribution in [0.5, 0.6) is 0 Å². The van der Waals surface area contributed by atoms with E-state index in [1.54, 1.807) is 10.6 Å². The Kier molecular flexibility index (Phi) is 2.92.